The lowest BCUT2D eigenvalue weighted by Gasteiger charge is -2.09. The van der Waals surface area contributed by atoms with Gasteiger partial charge in [-0.1, -0.05) is 32.9 Å². The third kappa shape index (κ3) is 3.77. The van der Waals surface area contributed by atoms with Gasteiger partial charge in [0.15, 0.2) is 0 Å². The van der Waals surface area contributed by atoms with E-state index in [1.54, 1.807) is 6.07 Å². The van der Waals surface area contributed by atoms with Crippen molar-refractivity contribution in [1.82, 2.24) is 9.97 Å². The highest BCUT2D eigenvalue weighted by atomic mass is 79.9. The minimum absolute atomic E-state index is 0.266. The second-order valence-electron chi connectivity index (χ2n) is 4.64. The number of aromatic nitrogens is 2. The molecule has 0 aliphatic rings. The van der Waals surface area contributed by atoms with Crippen LogP contribution < -0.4 is 4.74 Å². The lowest BCUT2D eigenvalue weighted by Crippen LogP contribution is -2.00. The van der Waals surface area contributed by atoms with Crippen molar-refractivity contribution in [2.24, 2.45) is 0 Å². The van der Waals surface area contributed by atoms with Crippen LogP contribution in [0.1, 0.15) is 38.1 Å². The number of halogens is 1. The fourth-order valence-corrected chi connectivity index (χ4v) is 2.05. The predicted octanol–water partition coefficient (Wildman–Crippen LogP) is 4.72. The van der Waals surface area contributed by atoms with Crippen molar-refractivity contribution >= 4 is 15.9 Å². The minimum atomic E-state index is 0.266. The molecule has 0 saturated carbocycles. The maximum Gasteiger partial charge on any atom is 0.223 e. The Morgan fingerprint density at radius 2 is 2.00 bits per heavy atom. The number of rotatable bonds is 4. The molecule has 1 heterocycles. The molecule has 1 aromatic carbocycles. The van der Waals surface area contributed by atoms with E-state index in [0.717, 1.165) is 22.6 Å². The van der Waals surface area contributed by atoms with Gasteiger partial charge in [0.25, 0.3) is 0 Å². The van der Waals surface area contributed by atoms with Crippen molar-refractivity contribution in [3.63, 3.8) is 0 Å². The molecule has 2 aromatic rings. The van der Waals surface area contributed by atoms with Gasteiger partial charge in [0.2, 0.25) is 5.88 Å². The van der Waals surface area contributed by atoms with Crippen molar-refractivity contribution in [2.45, 2.75) is 33.1 Å². The Balaban J connectivity index is 2.27. The number of ether oxygens (including phenoxy) is 1. The molecule has 4 heteroatoms. The van der Waals surface area contributed by atoms with Crippen molar-refractivity contribution in [1.29, 1.82) is 0 Å². The molecule has 0 spiro atoms. The molecule has 100 valence electrons. The van der Waals surface area contributed by atoms with Crippen molar-refractivity contribution in [2.75, 3.05) is 0 Å². The van der Waals surface area contributed by atoms with Crippen LogP contribution in [0.3, 0.4) is 0 Å². The van der Waals surface area contributed by atoms with Gasteiger partial charge >= 0.3 is 0 Å². The van der Waals surface area contributed by atoms with E-state index in [-0.39, 0.29) is 5.92 Å². The molecular weight excluding hydrogens is 304 g/mol. The Kier molecular flexibility index (Phi) is 4.53. The Morgan fingerprint density at radius 1 is 1.21 bits per heavy atom. The van der Waals surface area contributed by atoms with E-state index in [9.17, 15) is 0 Å². The average Bonchev–Trinajstić information content (AvgIpc) is 2.38. The van der Waals surface area contributed by atoms with Gasteiger partial charge in [0.05, 0.1) is 0 Å². The van der Waals surface area contributed by atoms with Gasteiger partial charge in [-0.2, -0.15) is 4.98 Å². The summed E-state index contributed by atoms with van der Waals surface area (Å²) < 4.78 is 6.55. The fourth-order valence-electron chi connectivity index (χ4n) is 1.67. The molecule has 0 aliphatic heterocycles. The van der Waals surface area contributed by atoms with Crippen LogP contribution in [0.25, 0.3) is 0 Å². The Morgan fingerprint density at radius 3 is 2.68 bits per heavy atom. The summed E-state index contributed by atoms with van der Waals surface area (Å²) in [6, 6.07) is 9.83. The van der Waals surface area contributed by atoms with Crippen LogP contribution in [-0.4, -0.2) is 9.97 Å². The van der Waals surface area contributed by atoms with Gasteiger partial charge in [0.1, 0.15) is 16.2 Å². The minimum Gasteiger partial charge on any atom is -0.439 e. The molecular formula is C15H17BrN2O. The third-order valence-electron chi connectivity index (χ3n) is 2.73. The zero-order valence-electron chi connectivity index (χ0n) is 11.4. The number of hydrogen-bond acceptors (Lipinski definition) is 3. The first-order valence-electron chi connectivity index (χ1n) is 6.39. The highest BCUT2D eigenvalue weighted by Crippen LogP contribution is 2.24. The molecule has 0 saturated heterocycles. The van der Waals surface area contributed by atoms with Crippen molar-refractivity contribution < 1.29 is 4.74 Å². The van der Waals surface area contributed by atoms with Gasteiger partial charge in [-0.3, -0.25) is 0 Å². The fraction of sp³-hybridized carbons (Fsp3) is 0.333. The largest absolute Gasteiger partial charge is 0.439 e. The van der Waals surface area contributed by atoms with E-state index in [1.165, 1.54) is 5.56 Å². The van der Waals surface area contributed by atoms with Crippen molar-refractivity contribution in [3.05, 3.63) is 46.3 Å². The molecule has 0 aliphatic carbocycles. The maximum absolute atomic E-state index is 5.81. The van der Waals surface area contributed by atoms with E-state index in [2.05, 4.69) is 52.7 Å². The smallest absolute Gasteiger partial charge is 0.223 e. The van der Waals surface area contributed by atoms with E-state index in [0.29, 0.717) is 5.88 Å². The lowest BCUT2D eigenvalue weighted by molar-refractivity contribution is 0.455. The average molecular weight is 321 g/mol. The first kappa shape index (κ1) is 14.0. The van der Waals surface area contributed by atoms with E-state index >= 15 is 0 Å². The second kappa shape index (κ2) is 6.15. The summed E-state index contributed by atoms with van der Waals surface area (Å²) >= 11 is 3.39. The van der Waals surface area contributed by atoms with Gasteiger partial charge in [-0.05, 0) is 40.0 Å². The Labute approximate surface area is 122 Å². The summed E-state index contributed by atoms with van der Waals surface area (Å²) in [6.07, 6.45) is 0.988. The summed E-state index contributed by atoms with van der Waals surface area (Å²) in [7, 11) is 0. The maximum atomic E-state index is 5.81. The summed E-state index contributed by atoms with van der Waals surface area (Å²) in [6.45, 7) is 6.24. The number of hydrogen-bond donors (Lipinski definition) is 0. The van der Waals surface area contributed by atoms with Gasteiger partial charge in [0, 0.05) is 12.0 Å². The first-order chi connectivity index (χ1) is 9.08. The molecule has 0 fully saturated rings. The lowest BCUT2D eigenvalue weighted by atomic mass is 10.2. The highest BCUT2D eigenvalue weighted by molar-refractivity contribution is 9.10. The molecule has 0 bridgehead atoms. The molecule has 0 radical (unpaired) electrons. The molecule has 0 N–H and O–H groups in total. The first-order valence-corrected chi connectivity index (χ1v) is 7.19. The zero-order chi connectivity index (χ0) is 13.8. The van der Waals surface area contributed by atoms with Gasteiger partial charge < -0.3 is 4.74 Å². The Bertz CT molecular complexity index is 570. The normalized spacial score (nSPS) is 10.8. The van der Waals surface area contributed by atoms with Crippen LogP contribution in [0.5, 0.6) is 11.6 Å². The number of aryl methyl sites for hydroxylation is 1. The zero-order valence-corrected chi connectivity index (χ0v) is 12.9. The molecule has 0 atom stereocenters. The number of nitrogens with zero attached hydrogens (tertiary/aromatic N) is 2. The quantitative estimate of drug-likeness (QED) is 0.765. The van der Waals surface area contributed by atoms with Gasteiger partial charge in [-0.15, -0.1) is 0 Å². The van der Waals surface area contributed by atoms with Crippen molar-refractivity contribution in [3.8, 4) is 11.6 Å². The molecule has 2 rings (SSSR count). The van der Waals surface area contributed by atoms with E-state index in [1.807, 2.05) is 18.2 Å². The highest BCUT2D eigenvalue weighted by Gasteiger charge is 2.08. The summed E-state index contributed by atoms with van der Waals surface area (Å²) in [5, 5.41) is 0. The van der Waals surface area contributed by atoms with Crippen LogP contribution >= 0.6 is 15.9 Å². The molecule has 3 nitrogen and oxygen atoms in total. The summed E-state index contributed by atoms with van der Waals surface area (Å²) in [4.78, 5) is 8.75. The Hall–Kier alpha value is -1.42. The number of benzene rings is 1. The summed E-state index contributed by atoms with van der Waals surface area (Å²) in [5.41, 5.74) is 1.25. The predicted molar refractivity (Wildman–Crippen MR) is 79.7 cm³/mol. The standard InChI is InChI=1S/C15H17BrN2O/c1-4-11-6-5-7-12(8-11)19-14-9-13(16)17-15(18-14)10(2)3/h5-10H,4H2,1-3H3. The van der Waals surface area contributed by atoms with E-state index < -0.39 is 0 Å². The molecule has 0 amide bonds. The van der Waals surface area contributed by atoms with Crippen LogP contribution in [-0.2, 0) is 6.42 Å². The second-order valence-corrected chi connectivity index (χ2v) is 5.46. The van der Waals surface area contributed by atoms with E-state index in [4.69, 9.17) is 4.74 Å². The third-order valence-corrected chi connectivity index (χ3v) is 3.14. The molecule has 0 unspecified atom stereocenters. The summed E-state index contributed by atoms with van der Waals surface area (Å²) in [5.74, 6) is 2.41. The SMILES string of the molecule is CCc1cccc(Oc2cc(Br)nc(C(C)C)n2)c1. The molecule has 19 heavy (non-hydrogen) atoms. The van der Waals surface area contributed by atoms with Gasteiger partial charge in [-0.25, -0.2) is 4.98 Å². The van der Waals surface area contributed by atoms with Crippen LogP contribution in [0.4, 0.5) is 0 Å². The van der Waals surface area contributed by atoms with Crippen LogP contribution in [0.15, 0.2) is 34.9 Å². The monoisotopic (exact) mass is 320 g/mol. The topological polar surface area (TPSA) is 35.0 Å². The van der Waals surface area contributed by atoms with Crippen LogP contribution in [0, 0.1) is 0 Å². The van der Waals surface area contributed by atoms with Crippen LogP contribution in [0.2, 0.25) is 0 Å². The molecule has 1 aromatic heterocycles.